The minimum atomic E-state index is -1.38. The van der Waals surface area contributed by atoms with E-state index in [1.165, 1.54) is 18.3 Å². The molecular weight excluding hydrogens is 580 g/mol. The number of fused-ring (bicyclic) bond motifs is 4. The number of aliphatic imine (C=N–C) groups is 1. The molecule has 4 aromatic rings. The number of aromatic nitrogens is 1. The highest BCUT2D eigenvalue weighted by molar-refractivity contribution is 7.20. The third kappa shape index (κ3) is 6.87. The number of guanidine groups is 1. The first-order chi connectivity index (χ1) is 21.2. The van der Waals surface area contributed by atoms with Gasteiger partial charge in [0.15, 0.2) is 11.0 Å². The van der Waals surface area contributed by atoms with Gasteiger partial charge in [0.2, 0.25) is 11.7 Å². The minimum absolute atomic E-state index is 0.0392. The number of rotatable bonds is 12. The third-order valence-electron chi connectivity index (χ3n) is 7.46. The molecule has 1 aromatic heterocycles. The van der Waals surface area contributed by atoms with Crippen LogP contribution in [0.2, 0.25) is 0 Å². The first kappa shape index (κ1) is 30.6. The van der Waals surface area contributed by atoms with E-state index in [1.807, 2.05) is 66.7 Å². The third-order valence-corrected chi connectivity index (χ3v) is 8.52. The lowest BCUT2D eigenvalue weighted by Crippen LogP contribution is -2.55. The van der Waals surface area contributed by atoms with Crippen LogP contribution in [0.4, 0.5) is 4.79 Å². The van der Waals surface area contributed by atoms with Gasteiger partial charge < -0.3 is 31.9 Å². The smallest absolute Gasteiger partial charge is 0.407 e. The number of ketones is 1. The van der Waals surface area contributed by atoms with Crippen LogP contribution >= 0.6 is 11.3 Å². The van der Waals surface area contributed by atoms with Gasteiger partial charge >= 0.3 is 6.09 Å². The Morgan fingerprint density at radius 2 is 1.61 bits per heavy atom. The Labute approximate surface area is 258 Å². The summed E-state index contributed by atoms with van der Waals surface area (Å²) in [6, 6.07) is 20.8. The second-order valence-electron chi connectivity index (χ2n) is 10.5. The lowest BCUT2D eigenvalue weighted by atomic mass is 9.98. The van der Waals surface area contributed by atoms with E-state index in [-0.39, 0.29) is 36.5 Å². The zero-order chi connectivity index (χ0) is 31.2. The fourth-order valence-corrected chi connectivity index (χ4v) is 6.29. The molecule has 7 N–H and O–H groups in total. The molecule has 12 heteroatoms. The molecule has 0 spiro atoms. The van der Waals surface area contributed by atoms with Gasteiger partial charge in [-0.25, -0.2) is 9.78 Å². The van der Waals surface area contributed by atoms with Crippen molar-refractivity contribution in [2.24, 2.45) is 16.5 Å². The van der Waals surface area contributed by atoms with Gasteiger partial charge in [-0.2, -0.15) is 0 Å². The van der Waals surface area contributed by atoms with Crippen LogP contribution in [0, 0.1) is 0 Å². The number of carbonyl (C=O) groups excluding carboxylic acids is 3. The monoisotopic (exact) mass is 614 g/mol. The lowest BCUT2D eigenvalue weighted by molar-refractivity contribution is -0.126. The summed E-state index contributed by atoms with van der Waals surface area (Å²) in [5, 5.41) is 15.8. The van der Waals surface area contributed by atoms with Crippen molar-refractivity contribution >= 4 is 45.3 Å². The summed E-state index contributed by atoms with van der Waals surface area (Å²) in [4.78, 5) is 48.2. The van der Waals surface area contributed by atoms with Crippen LogP contribution < -0.4 is 22.1 Å². The maximum atomic E-state index is 13.5. The number of benzene rings is 3. The van der Waals surface area contributed by atoms with E-state index in [0.29, 0.717) is 11.9 Å². The second kappa shape index (κ2) is 13.7. The fraction of sp³-hybridized carbons (Fsp3) is 0.281. The fourth-order valence-electron chi connectivity index (χ4n) is 5.33. The summed E-state index contributed by atoms with van der Waals surface area (Å²) in [5.41, 5.74) is 15.8. The second-order valence-corrected chi connectivity index (χ2v) is 11.6. The quantitative estimate of drug-likeness (QED) is 0.0697. The van der Waals surface area contributed by atoms with Gasteiger partial charge in [0.25, 0.3) is 0 Å². The molecule has 1 aliphatic rings. The number of thiazole rings is 1. The Hall–Kier alpha value is -4.81. The average Bonchev–Trinajstić information content (AvgIpc) is 3.59. The highest BCUT2D eigenvalue weighted by atomic mass is 32.1. The predicted molar refractivity (Wildman–Crippen MR) is 169 cm³/mol. The van der Waals surface area contributed by atoms with Gasteiger partial charge in [-0.3, -0.25) is 14.6 Å². The van der Waals surface area contributed by atoms with Crippen molar-refractivity contribution in [3.8, 4) is 11.1 Å². The highest BCUT2D eigenvalue weighted by Crippen LogP contribution is 2.44. The Kier molecular flexibility index (Phi) is 9.51. The van der Waals surface area contributed by atoms with Gasteiger partial charge in [0.05, 0.1) is 22.4 Å². The molecule has 3 aromatic carbocycles. The molecular formula is C32H34N6O5S. The van der Waals surface area contributed by atoms with Crippen molar-refractivity contribution in [2.75, 3.05) is 13.2 Å². The molecule has 0 unspecified atom stereocenters. The minimum Gasteiger partial charge on any atom is -0.449 e. The van der Waals surface area contributed by atoms with Gasteiger partial charge in [-0.1, -0.05) is 60.7 Å². The average molecular weight is 615 g/mol. The number of aliphatic hydroxyl groups is 1. The number of alkyl carbamates (subject to hydrolysis) is 1. The van der Waals surface area contributed by atoms with Crippen LogP contribution in [-0.4, -0.2) is 65.2 Å². The molecule has 5 rings (SSSR count). The maximum Gasteiger partial charge on any atom is 0.407 e. The molecule has 1 heterocycles. The van der Waals surface area contributed by atoms with E-state index in [2.05, 4.69) is 20.6 Å². The number of hydrogen-bond acceptors (Lipinski definition) is 8. The SMILES string of the molecule is C[C@@H](O)[C@H](NC(=O)OCC1c2ccccc2-c2ccccc21)C(=O)N[C@@H](CCCN=C(N)N)C(=O)c1nc2ccccc2s1. The number of nitrogens with two attached hydrogens (primary N) is 2. The number of nitrogens with zero attached hydrogens (tertiary/aromatic N) is 2. The lowest BCUT2D eigenvalue weighted by Gasteiger charge is -2.24. The summed E-state index contributed by atoms with van der Waals surface area (Å²) in [7, 11) is 0. The molecule has 228 valence electrons. The topological polar surface area (TPSA) is 182 Å². The summed E-state index contributed by atoms with van der Waals surface area (Å²) in [6.07, 6.45) is -1.56. The zero-order valence-electron chi connectivity index (χ0n) is 24.1. The number of ether oxygens (including phenoxy) is 1. The standard InChI is InChI=1S/C32H34N6O5S/c1-18(39)27(38-32(42)43-17-23-21-11-4-2-9-19(21)20-10-3-5-12-22(20)23)29(41)36-25(14-8-16-35-31(33)34)28(40)30-37-24-13-6-7-15-26(24)44-30/h2-7,9-13,15,18,23,25,27,39H,8,14,16-17H2,1H3,(H,36,41)(H,38,42)(H4,33,34,35)/t18-,25+,27+/m1/s1. The Morgan fingerprint density at radius 1 is 0.977 bits per heavy atom. The molecule has 0 saturated heterocycles. The Morgan fingerprint density at radius 3 is 2.25 bits per heavy atom. The van der Waals surface area contributed by atoms with E-state index >= 15 is 0 Å². The molecule has 2 amide bonds. The molecule has 0 bridgehead atoms. The normalized spacial score (nSPS) is 14.1. The highest BCUT2D eigenvalue weighted by Gasteiger charge is 2.33. The van der Waals surface area contributed by atoms with Crippen molar-refractivity contribution in [2.45, 2.75) is 43.9 Å². The Bertz CT molecular complexity index is 1620. The number of carbonyl (C=O) groups is 3. The molecule has 0 radical (unpaired) electrons. The Balaban J connectivity index is 1.26. The van der Waals surface area contributed by atoms with Gasteiger partial charge in [0.1, 0.15) is 12.6 Å². The molecule has 0 fully saturated rings. The summed E-state index contributed by atoms with van der Waals surface area (Å²) in [6.45, 7) is 1.66. The number of hydrogen-bond donors (Lipinski definition) is 5. The van der Waals surface area contributed by atoms with E-state index in [1.54, 1.807) is 6.07 Å². The molecule has 0 aliphatic heterocycles. The first-order valence-corrected chi connectivity index (χ1v) is 15.1. The van der Waals surface area contributed by atoms with Crippen molar-refractivity contribution < 1.29 is 24.2 Å². The van der Waals surface area contributed by atoms with Crippen molar-refractivity contribution in [3.05, 3.63) is 88.9 Å². The molecule has 11 nitrogen and oxygen atoms in total. The molecule has 0 saturated carbocycles. The molecule has 1 aliphatic carbocycles. The van der Waals surface area contributed by atoms with Crippen LogP contribution in [0.3, 0.4) is 0 Å². The predicted octanol–water partition coefficient (Wildman–Crippen LogP) is 3.31. The van der Waals surface area contributed by atoms with E-state index in [0.717, 1.165) is 27.0 Å². The van der Waals surface area contributed by atoms with Crippen LogP contribution in [0.5, 0.6) is 0 Å². The van der Waals surface area contributed by atoms with Gasteiger partial charge in [-0.15, -0.1) is 11.3 Å². The first-order valence-electron chi connectivity index (χ1n) is 14.3. The van der Waals surface area contributed by atoms with Crippen molar-refractivity contribution in [1.29, 1.82) is 0 Å². The summed E-state index contributed by atoms with van der Waals surface area (Å²) < 4.78 is 6.41. The van der Waals surface area contributed by atoms with Crippen molar-refractivity contribution in [1.82, 2.24) is 15.6 Å². The van der Waals surface area contributed by atoms with Crippen LogP contribution in [0.1, 0.15) is 46.6 Å². The maximum absolute atomic E-state index is 13.5. The van der Waals surface area contributed by atoms with Crippen LogP contribution in [-0.2, 0) is 9.53 Å². The van der Waals surface area contributed by atoms with Gasteiger partial charge in [-0.05, 0) is 54.2 Å². The number of Topliss-reactive ketones (excluding diaryl/α,β-unsaturated/α-hetero) is 1. The van der Waals surface area contributed by atoms with E-state index in [4.69, 9.17) is 16.2 Å². The largest absolute Gasteiger partial charge is 0.449 e. The van der Waals surface area contributed by atoms with Crippen molar-refractivity contribution in [3.63, 3.8) is 0 Å². The van der Waals surface area contributed by atoms with Gasteiger partial charge in [0, 0.05) is 12.5 Å². The molecule has 44 heavy (non-hydrogen) atoms. The van der Waals surface area contributed by atoms with Crippen LogP contribution in [0.25, 0.3) is 21.3 Å². The zero-order valence-corrected chi connectivity index (χ0v) is 24.9. The van der Waals surface area contributed by atoms with Crippen LogP contribution in [0.15, 0.2) is 77.8 Å². The summed E-state index contributed by atoms with van der Waals surface area (Å²) in [5.74, 6) is -1.39. The number of aliphatic hydroxyl groups excluding tert-OH is 1. The number of amides is 2. The molecule has 3 atom stereocenters. The van der Waals surface area contributed by atoms with E-state index < -0.39 is 36.0 Å². The van der Waals surface area contributed by atoms with E-state index in [9.17, 15) is 19.5 Å². The number of nitrogens with one attached hydrogen (secondary N) is 2. The number of para-hydroxylation sites is 1. The summed E-state index contributed by atoms with van der Waals surface area (Å²) >= 11 is 1.22.